The maximum absolute atomic E-state index is 10.9. The van der Waals surface area contributed by atoms with Crippen molar-refractivity contribution in [1.82, 2.24) is 0 Å². The van der Waals surface area contributed by atoms with Crippen LogP contribution in [-0.2, 0) is 4.79 Å². The first kappa shape index (κ1) is 16.1. The SMILES string of the molecule is CC(C)(SCCOc1ccccc1Cl)[C@H](N)C(=O)O. The maximum Gasteiger partial charge on any atom is 0.321 e. The molecular formula is C13H18ClNO3S. The Morgan fingerprint density at radius 3 is 2.74 bits per heavy atom. The molecule has 0 fully saturated rings. The molecule has 0 unspecified atom stereocenters. The Bertz CT molecular complexity index is 440. The number of aliphatic carboxylic acids is 1. The van der Waals surface area contributed by atoms with E-state index in [1.807, 2.05) is 26.0 Å². The van der Waals surface area contributed by atoms with Gasteiger partial charge in [-0.25, -0.2) is 0 Å². The van der Waals surface area contributed by atoms with Gasteiger partial charge in [0.1, 0.15) is 11.8 Å². The van der Waals surface area contributed by atoms with E-state index in [1.165, 1.54) is 11.8 Å². The first-order valence-corrected chi connectivity index (χ1v) is 7.20. The van der Waals surface area contributed by atoms with Gasteiger partial charge in [0.15, 0.2) is 0 Å². The number of nitrogens with two attached hydrogens (primary N) is 1. The van der Waals surface area contributed by atoms with Gasteiger partial charge in [0.05, 0.1) is 11.6 Å². The van der Waals surface area contributed by atoms with Crippen molar-refractivity contribution in [2.45, 2.75) is 24.6 Å². The second kappa shape index (κ2) is 7.03. The highest BCUT2D eigenvalue weighted by Gasteiger charge is 2.32. The number of benzene rings is 1. The number of carbonyl (C=O) groups is 1. The molecule has 0 amide bonds. The van der Waals surface area contributed by atoms with Gasteiger partial charge in [-0.05, 0) is 26.0 Å². The monoisotopic (exact) mass is 303 g/mol. The summed E-state index contributed by atoms with van der Waals surface area (Å²) in [5.41, 5.74) is 5.63. The number of para-hydroxylation sites is 1. The molecule has 1 atom stereocenters. The van der Waals surface area contributed by atoms with Gasteiger partial charge in [-0.3, -0.25) is 4.79 Å². The summed E-state index contributed by atoms with van der Waals surface area (Å²) >= 11 is 7.42. The van der Waals surface area contributed by atoms with Crippen molar-refractivity contribution in [2.24, 2.45) is 5.73 Å². The van der Waals surface area contributed by atoms with Gasteiger partial charge in [-0.2, -0.15) is 0 Å². The van der Waals surface area contributed by atoms with Gasteiger partial charge in [-0.1, -0.05) is 23.7 Å². The quantitative estimate of drug-likeness (QED) is 0.758. The Balaban J connectivity index is 2.39. The van der Waals surface area contributed by atoms with E-state index in [0.717, 1.165) is 0 Å². The minimum atomic E-state index is -0.996. The highest BCUT2D eigenvalue weighted by molar-refractivity contribution is 8.00. The van der Waals surface area contributed by atoms with E-state index >= 15 is 0 Å². The van der Waals surface area contributed by atoms with Crippen LogP contribution in [-0.4, -0.2) is 34.2 Å². The summed E-state index contributed by atoms with van der Waals surface area (Å²) in [5.74, 6) is 0.272. The van der Waals surface area contributed by atoms with Crippen LogP contribution in [0, 0.1) is 0 Å². The topological polar surface area (TPSA) is 72.5 Å². The molecule has 0 spiro atoms. The molecule has 0 radical (unpaired) electrons. The Morgan fingerprint density at radius 1 is 1.53 bits per heavy atom. The Labute approximate surface area is 122 Å². The third-order valence-corrected chi connectivity index (χ3v) is 4.35. The summed E-state index contributed by atoms with van der Waals surface area (Å²) in [6.45, 7) is 4.07. The van der Waals surface area contributed by atoms with Gasteiger partial charge in [-0.15, -0.1) is 11.8 Å². The lowest BCUT2D eigenvalue weighted by molar-refractivity contribution is -0.139. The number of carboxylic acids is 1. The molecule has 1 rings (SSSR count). The molecule has 106 valence electrons. The van der Waals surface area contributed by atoms with Gasteiger partial charge in [0.2, 0.25) is 0 Å². The molecule has 3 N–H and O–H groups in total. The number of hydrogen-bond donors (Lipinski definition) is 2. The van der Waals surface area contributed by atoms with E-state index in [0.29, 0.717) is 23.1 Å². The molecule has 0 aliphatic carbocycles. The minimum Gasteiger partial charge on any atom is -0.491 e. The van der Waals surface area contributed by atoms with Crippen molar-refractivity contribution in [2.75, 3.05) is 12.4 Å². The number of rotatable bonds is 7. The molecule has 0 bridgehead atoms. The molecule has 0 aliphatic rings. The summed E-state index contributed by atoms with van der Waals surface area (Å²) in [7, 11) is 0. The van der Waals surface area contributed by atoms with Crippen LogP contribution in [0.2, 0.25) is 5.02 Å². The van der Waals surface area contributed by atoms with Crippen LogP contribution in [0.25, 0.3) is 0 Å². The number of thioether (sulfide) groups is 1. The zero-order valence-electron chi connectivity index (χ0n) is 10.9. The molecule has 6 heteroatoms. The zero-order valence-corrected chi connectivity index (χ0v) is 12.5. The summed E-state index contributed by atoms with van der Waals surface area (Å²) < 4.78 is 4.99. The van der Waals surface area contributed by atoms with Gasteiger partial charge < -0.3 is 15.6 Å². The molecular weight excluding hydrogens is 286 g/mol. The molecule has 4 nitrogen and oxygen atoms in total. The van der Waals surface area contributed by atoms with E-state index in [9.17, 15) is 4.79 Å². The number of carboxylic acid groups (broad SMARTS) is 1. The fourth-order valence-corrected chi connectivity index (χ4v) is 2.57. The van der Waals surface area contributed by atoms with Gasteiger partial charge in [0, 0.05) is 10.5 Å². The van der Waals surface area contributed by atoms with Crippen LogP contribution in [0.5, 0.6) is 5.75 Å². The summed E-state index contributed by atoms with van der Waals surface area (Å²) in [6, 6.07) is 6.32. The van der Waals surface area contributed by atoms with Crippen molar-refractivity contribution in [3.63, 3.8) is 0 Å². The van der Waals surface area contributed by atoms with Crippen LogP contribution in [0.4, 0.5) is 0 Å². The second-order valence-electron chi connectivity index (χ2n) is 4.55. The van der Waals surface area contributed by atoms with E-state index in [2.05, 4.69) is 0 Å². The molecule has 0 aliphatic heterocycles. The molecule has 0 aromatic heterocycles. The van der Waals surface area contributed by atoms with E-state index in [-0.39, 0.29) is 0 Å². The first-order chi connectivity index (χ1) is 8.84. The van der Waals surface area contributed by atoms with E-state index in [1.54, 1.807) is 12.1 Å². The van der Waals surface area contributed by atoms with Gasteiger partial charge in [0.25, 0.3) is 0 Å². The summed E-state index contributed by atoms with van der Waals surface area (Å²) in [5, 5.41) is 9.47. The smallest absolute Gasteiger partial charge is 0.321 e. The maximum atomic E-state index is 10.9. The van der Waals surface area contributed by atoms with Crippen LogP contribution >= 0.6 is 23.4 Å². The number of hydrogen-bond acceptors (Lipinski definition) is 4. The molecule has 19 heavy (non-hydrogen) atoms. The molecule has 0 saturated heterocycles. The van der Waals surface area contributed by atoms with Crippen molar-refractivity contribution in [1.29, 1.82) is 0 Å². The third-order valence-electron chi connectivity index (χ3n) is 2.67. The lowest BCUT2D eigenvalue weighted by Gasteiger charge is -2.27. The normalized spacial score (nSPS) is 13.1. The van der Waals surface area contributed by atoms with Crippen molar-refractivity contribution in [3.05, 3.63) is 29.3 Å². The lowest BCUT2D eigenvalue weighted by atomic mass is 10.1. The second-order valence-corrected chi connectivity index (χ2v) is 6.70. The predicted octanol–water partition coefficient (Wildman–Crippen LogP) is 2.64. The van der Waals surface area contributed by atoms with Crippen LogP contribution in [0.15, 0.2) is 24.3 Å². The summed E-state index contributed by atoms with van der Waals surface area (Å²) in [4.78, 5) is 10.9. The molecule has 0 heterocycles. The lowest BCUT2D eigenvalue weighted by Crippen LogP contribution is -2.47. The highest BCUT2D eigenvalue weighted by atomic mass is 35.5. The fraction of sp³-hybridized carbons (Fsp3) is 0.462. The minimum absolute atomic E-state index is 0.449. The molecule has 1 aromatic carbocycles. The summed E-state index contributed by atoms with van der Waals surface area (Å²) in [6.07, 6.45) is 0. The standard InChI is InChI=1S/C13H18ClNO3S/c1-13(2,11(15)12(16)17)19-8-7-18-10-6-4-3-5-9(10)14/h3-6,11H,7-8,15H2,1-2H3,(H,16,17)/t11-/m1/s1. The first-order valence-electron chi connectivity index (χ1n) is 5.84. The van der Waals surface area contributed by atoms with Crippen LogP contribution in [0.1, 0.15) is 13.8 Å². The largest absolute Gasteiger partial charge is 0.491 e. The van der Waals surface area contributed by atoms with Crippen LogP contribution < -0.4 is 10.5 Å². The molecule has 1 aromatic rings. The molecule has 0 saturated carbocycles. The van der Waals surface area contributed by atoms with Crippen LogP contribution in [0.3, 0.4) is 0 Å². The Hall–Kier alpha value is -0.910. The van der Waals surface area contributed by atoms with Gasteiger partial charge >= 0.3 is 5.97 Å². The van der Waals surface area contributed by atoms with Crippen molar-refractivity contribution < 1.29 is 14.6 Å². The van der Waals surface area contributed by atoms with E-state index < -0.39 is 16.8 Å². The average molecular weight is 304 g/mol. The van der Waals surface area contributed by atoms with E-state index in [4.69, 9.17) is 27.2 Å². The highest BCUT2D eigenvalue weighted by Crippen LogP contribution is 2.28. The third kappa shape index (κ3) is 4.93. The Kier molecular flexibility index (Phi) is 5.97. The van der Waals surface area contributed by atoms with Crippen molar-refractivity contribution in [3.8, 4) is 5.75 Å². The number of ether oxygens (including phenoxy) is 1. The fourth-order valence-electron chi connectivity index (χ4n) is 1.41. The number of halogens is 1. The predicted molar refractivity (Wildman–Crippen MR) is 79.1 cm³/mol. The van der Waals surface area contributed by atoms with Crippen molar-refractivity contribution >= 4 is 29.3 Å². The average Bonchev–Trinajstić information content (AvgIpc) is 2.35. The zero-order chi connectivity index (χ0) is 14.5. The Morgan fingerprint density at radius 2 is 2.16 bits per heavy atom.